The quantitative estimate of drug-likeness (QED) is 0.229. The van der Waals surface area contributed by atoms with E-state index >= 15 is 0 Å². The van der Waals surface area contributed by atoms with Gasteiger partial charge >= 0.3 is 5.97 Å². The summed E-state index contributed by atoms with van der Waals surface area (Å²) in [5, 5.41) is 14.1. The van der Waals surface area contributed by atoms with Crippen LogP contribution < -0.4 is 4.74 Å². The van der Waals surface area contributed by atoms with Crippen molar-refractivity contribution in [3.05, 3.63) is 64.6 Å². The number of fused-ring (bicyclic) bond motifs is 1. The molecule has 0 amide bonds. The highest BCUT2D eigenvalue weighted by Crippen LogP contribution is 2.39. The third-order valence-corrected chi connectivity index (χ3v) is 4.78. The van der Waals surface area contributed by atoms with Gasteiger partial charge in [-0.2, -0.15) is 0 Å². The highest BCUT2D eigenvalue weighted by Gasteiger charge is 2.18. The molecule has 1 aromatic heterocycles. The molecule has 156 valence electrons. The third kappa shape index (κ3) is 4.68. The van der Waals surface area contributed by atoms with Gasteiger partial charge in [-0.05, 0) is 53.1 Å². The summed E-state index contributed by atoms with van der Waals surface area (Å²) in [7, 11) is 1.60. The first-order valence-corrected chi connectivity index (χ1v) is 9.73. The summed E-state index contributed by atoms with van der Waals surface area (Å²) >= 11 is 0. The fraction of sp³-hybridized carbons (Fsp3) is 0.261. The molecule has 0 aliphatic carbocycles. The molecule has 1 heterocycles. The van der Waals surface area contributed by atoms with Crippen molar-refractivity contribution < 1.29 is 19.4 Å². The molecular weight excluding hydrogens is 384 g/mol. The molecule has 0 saturated carbocycles. The van der Waals surface area contributed by atoms with Gasteiger partial charge in [0.15, 0.2) is 5.69 Å². The predicted octanol–water partition coefficient (Wildman–Crippen LogP) is 5.16. The van der Waals surface area contributed by atoms with Crippen LogP contribution in [-0.2, 0) is 16.1 Å². The second-order valence-corrected chi connectivity index (χ2v) is 6.83. The van der Waals surface area contributed by atoms with Gasteiger partial charge in [0.2, 0.25) is 5.88 Å². The Morgan fingerprint density at radius 3 is 2.63 bits per heavy atom. The van der Waals surface area contributed by atoms with Gasteiger partial charge in [0.25, 0.3) is 0 Å². The van der Waals surface area contributed by atoms with E-state index in [1.807, 2.05) is 31.2 Å². The maximum absolute atomic E-state index is 11.8. The van der Waals surface area contributed by atoms with Crippen LogP contribution in [0.5, 0.6) is 11.6 Å². The van der Waals surface area contributed by atoms with Crippen LogP contribution in [0.3, 0.4) is 0 Å². The Balaban J connectivity index is 1.88. The van der Waals surface area contributed by atoms with Gasteiger partial charge in [0, 0.05) is 11.5 Å². The highest BCUT2D eigenvalue weighted by molar-refractivity contribution is 5.97. The smallest absolute Gasteiger partial charge is 0.330 e. The summed E-state index contributed by atoms with van der Waals surface area (Å²) in [4.78, 5) is 23.1. The molecule has 0 spiro atoms. The molecule has 30 heavy (non-hydrogen) atoms. The number of aromatic nitrogens is 1. The van der Waals surface area contributed by atoms with Crippen LogP contribution in [0.2, 0.25) is 0 Å². The van der Waals surface area contributed by atoms with Gasteiger partial charge in [0.1, 0.15) is 5.75 Å². The van der Waals surface area contributed by atoms with Crippen LogP contribution >= 0.6 is 0 Å². The van der Waals surface area contributed by atoms with E-state index in [2.05, 4.69) is 5.18 Å². The van der Waals surface area contributed by atoms with Crippen LogP contribution in [0.4, 0.5) is 5.69 Å². The molecule has 2 aromatic carbocycles. The molecule has 0 bridgehead atoms. The second-order valence-electron chi connectivity index (χ2n) is 6.83. The summed E-state index contributed by atoms with van der Waals surface area (Å²) in [6.07, 6.45) is 4.73. The van der Waals surface area contributed by atoms with E-state index in [0.29, 0.717) is 29.6 Å². The first kappa shape index (κ1) is 21.1. The van der Waals surface area contributed by atoms with Crippen molar-refractivity contribution in [2.75, 3.05) is 13.7 Å². The number of hydrogen-bond donors (Lipinski definition) is 1. The molecule has 0 unspecified atom stereocenters. The van der Waals surface area contributed by atoms with Crippen molar-refractivity contribution in [2.45, 2.75) is 26.3 Å². The topological polar surface area (TPSA) is 90.1 Å². The van der Waals surface area contributed by atoms with E-state index in [4.69, 9.17) is 9.47 Å². The lowest BCUT2D eigenvalue weighted by molar-refractivity contribution is -0.137. The van der Waals surface area contributed by atoms with E-state index in [9.17, 15) is 14.8 Å². The fourth-order valence-electron chi connectivity index (χ4n) is 3.14. The van der Waals surface area contributed by atoms with Crippen LogP contribution in [0.15, 0.2) is 53.7 Å². The van der Waals surface area contributed by atoms with Crippen LogP contribution in [0.1, 0.15) is 30.9 Å². The Kier molecular flexibility index (Phi) is 6.85. The Morgan fingerprint density at radius 2 is 1.97 bits per heavy atom. The Hall–Kier alpha value is -3.61. The summed E-state index contributed by atoms with van der Waals surface area (Å²) in [5.41, 5.74) is 2.26. The van der Waals surface area contributed by atoms with Gasteiger partial charge in [-0.15, -0.1) is 4.91 Å². The zero-order valence-corrected chi connectivity index (χ0v) is 17.0. The number of nitrogens with zero attached hydrogens (tertiary/aromatic N) is 2. The minimum absolute atomic E-state index is 0.0284. The predicted molar refractivity (Wildman–Crippen MR) is 116 cm³/mol. The average molecular weight is 408 g/mol. The molecular formula is C23H24N2O5. The summed E-state index contributed by atoms with van der Waals surface area (Å²) in [6, 6.07) is 12.7. The number of ether oxygens (including phenoxy) is 2. The second kappa shape index (κ2) is 9.73. The van der Waals surface area contributed by atoms with Gasteiger partial charge < -0.3 is 19.1 Å². The SMILES string of the molecule is CCCCOC(=O)/C=C/c1ccc2c(c1)c(N=O)c(O)n2Cc1ccc(OC)cc1. The fourth-order valence-corrected chi connectivity index (χ4v) is 3.14. The lowest BCUT2D eigenvalue weighted by atomic mass is 10.1. The molecule has 3 rings (SSSR count). The van der Waals surface area contributed by atoms with Gasteiger partial charge in [0.05, 0.1) is 25.8 Å². The number of methoxy groups -OCH3 is 1. The van der Waals surface area contributed by atoms with E-state index in [1.54, 1.807) is 36.0 Å². The third-order valence-electron chi connectivity index (χ3n) is 4.78. The minimum atomic E-state index is -0.419. The molecule has 0 aliphatic heterocycles. The number of unbranched alkanes of at least 4 members (excludes halogenated alkanes) is 1. The van der Waals surface area contributed by atoms with Crippen molar-refractivity contribution in [3.63, 3.8) is 0 Å². The van der Waals surface area contributed by atoms with Gasteiger partial charge in [-0.3, -0.25) is 0 Å². The molecule has 7 heteroatoms. The molecule has 0 saturated heterocycles. The van der Waals surface area contributed by atoms with Crippen molar-refractivity contribution in [2.24, 2.45) is 5.18 Å². The summed E-state index contributed by atoms with van der Waals surface area (Å²) in [6.45, 7) is 2.77. The number of carbonyl (C=O) groups excluding carboxylic acids is 1. The molecule has 0 aliphatic rings. The first-order chi connectivity index (χ1) is 14.6. The number of carbonyl (C=O) groups is 1. The summed E-state index contributed by atoms with van der Waals surface area (Å²) < 4.78 is 11.9. The largest absolute Gasteiger partial charge is 0.497 e. The highest BCUT2D eigenvalue weighted by atomic mass is 16.5. The molecule has 0 atom stereocenters. The maximum atomic E-state index is 11.8. The number of hydrogen-bond acceptors (Lipinski definition) is 6. The molecule has 3 aromatic rings. The van der Waals surface area contributed by atoms with Crippen molar-refractivity contribution in [1.29, 1.82) is 0 Å². The minimum Gasteiger partial charge on any atom is -0.497 e. The van der Waals surface area contributed by atoms with Crippen molar-refractivity contribution in [3.8, 4) is 11.6 Å². The summed E-state index contributed by atoms with van der Waals surface area (Å²) in [5.74, 6) is 0.119. The lowest BCUT2D eigenvalue weighted by Crippen LogP contribution is -2.01. The Morgan fingerprint density at radius 1 is 1.20 bits per heavy atom. The Bertz CT molecular complexity index is 1070. The van der Waals surface area contributed by atoms with E-state index in [0.717, 1.165) is 24.2 Å². The standard InChI is InChI=1S/C23H24N2O5/c1-3-4-13-30-21(26)12-8-16-7-11-20-19(14-16)22(24-28)23(27)25(20)15-17-5-9-18(29-2)10-6-17/h5-12,14,27H,3-4,13,15H2,1-2H3/b12-8+. The van der Waals surface area contributed by atoms with Crippen molar-refractivity contribution >= 4 is 28.6 Å². The van der Waals surface area contributed by atoms with Crippen LogP contribution in [0.25, 0.3) is 17.0 Å². The zero-order valence-electron chi connectivity index (χ0n) is 17.0. The van der Waals surface area contributed by atoms with Crippen LogP contribution in [0, 0.1) is 4.91 Å². The first-order valence-electron chi connectivity index (χ1n) is 9.73. The number of esters is 1. The van der Waals surface area contributed by atoms with Crippen molar-refractivity contribution in [1.82, 2.24) is 4.57 Å². The zero-order chi connectivity index (χ0) is 21.5. The molecule has 1 N–H and O–H groups in total. The normalized spacial score (nSPS) is 11.1. The monoisotopic (exact) mass is 408 g/mol. The van der Waals surface area contributed by atoms with E-state index < -0.39 is 5.97 Å². The van der Waals surface area contributed by atoms with E-state index in [-0.39, 0.29) is 11.6 Å². The number of aromatic hydroxyl groups is 1. The van der Waals surface area contributed by atoms with Gasteiger partial charge in [-0.1, -0.05) is 31.5 Å². The molecule has 0 fully saturated rings. The Labute approximate surface area is 174 Å². The lowest BCUT2D eigenvalue weighted by Gasteiger charge is -2.08. The van der Waals surface area contributed by atoms with Gasteiger partial charge in [-0.25, -0.2) is 4.79 Å². The number of rotatable bonds is 9. The molecule has 0 radical (unpaired) electrons. The average Bonchev–Trinajstić information content (AvgIpc) is 3.03. The molecule has 7 nitrogen and oxygen atoms in total. The number of nitroso groups, excluding NO2 is 1. The maximum Gasteiger partial charge on any atom is 0.330 e. The van der Waals surface area contributed by atoms with E-state index in [1.165, 1.54) is 6.08 Å². The number of benzene rings is 2. The van der Waals surface area contributed by atoms with Crippen LogP contribution in [-0.4, -0.2) is 29.4 Å².